The molecular weight excluding hydrogens is 206 g/mol. The van der Waals surface area contributed by atoms with Crippen LogP contribution in [-0.2, 0) is 4.74 Å². The number of aliphatic hydroxyl groups excluding tert-OH is 1. The molecule has 0 saturated carbocycles. The van der Waals surface area contributed by atoms with Crippen LogP contribution in [0.2, 0.25) is 0 Å². The number of nitrogens with zero attached hydrogens (tertiary/aromatic N) is 1. The van der Waals surface area contributed by atoms with Crippen molar-refractivity contribution in [3.63, 3.8) is 0 Å². The summed E-state index contributed by atoms with van der Waals surface area (Å²) in [5, 5.41) is 15.0. The first-order valence-electron chi connectivity index (χ1n) is 5.53. The fourth-order valence-corrected chi connectivity index (χ4v) is 1.66. The van der Waals surface area contributed by atoms with Gasteiger partial charge in [0.1, 0.15) is 6.10 Å². The van der Waals surface area contributed by atoms with Gasteiger partial charge in [-0.15, -0.1) is 0 Å². The standard InChI is InChI=1S/C11H17N3O2/c15-5-3-13-9-1-2-10(14-7-9)11-8-12-4-6-16-11/h1-2,7,11-13,15H,3-6,8H2/t11-/m1/s1. The molecule has 0 aliphatic carbocycles. The van der Waals surface area contributed by atoms with Gasteiger partial charge in [-0.3, -0.25) is 4.98 Å². The van der Waals surface area contributed by atoms with Crippen LogP contribution >= 0.6 is 0 Å². The molecule has 0 radical (unpaired) electrons. The van der Waals surface area contributed by atoms with Crippen LogP contribution in [0.3, 0.4) is 0 Å². The Hall–Kier alpha value is -1.17. The monoisotopic (exact) mass is 223 g/mol. The normalized spacial score (nSPS) is 20.7. The summed E-state index contributed by atoms with van der Waals surface area (Å²) in [4.78, 5) is 4.35. The summed E-state index contributed by atoms with van der Waals surface area (Å²) in [6.45, 7) is 3.12. The minimum Gasteiger partial charge on any atom is -0.395 e. The van der Waals surface area contributed by atoms with Gasteiger partial charge in [0.25, 0.3) is 0 Å². The van der Waals surface area contributed by atoms with E-state index in [0.29, 0.717) is 6.54 Å². The predicted molar refractivity (Wildman–Crippen MR) is 61.4 cm³/mol. The van der Waals surface area contributed by atoms with Gasteiger partial charge in [-0.05, 0) is 12.1 Å². The number of hydrogen-bond donors (Lipinski definition) is 3. The molecule has 2 heterocycles. The molecule has 0 amide bonds. The minimum absolute atomic E-state index is 0.0561. The maximum absolute atomic E-state index is 8.67. The Morgan fingerprint density at radius 1 is 1.56 bits per heavy atom. The zero-order chi connectivity index (χ0) is 11.2. The van der Waals surface area contributed by atoms with Gasteiger partial charge in [0.15, 0.2) is 0 Å². The Kier molecular flexibility index (Phi) is 4.10. The second-order valence-corrected chi connectivity index (χ2v) is 3.69. The summed E-state index contributed by atoms with van der Waals surface area (Å²) in [6.07, 6.45) is 1.82. The molecule has 3 N–H and O–H groups in total. The number of aliphatic hydroxyl groups is 1. The van der Waals surface area contributed by atoms with Gasteiger partial charge in [0.05, 0.1) is 30.8 Å². The average Bonchev–Trinajstić information content (AvgIpc) is 2.38. The summed E-state index contributed by atoms with van der Waals surface area (Å²) in [5.74, 6) is 0. The van der Waals surface area contributed by atoms with Crippen molar-refractivity contribution in [3.8, 4) is 0 Å². The molecule has 88 valence electrons. The highest BCUT2D eigenvalue weighted by Crippen LogP contribution is 2.17. The van der Waals surface area contributed by atoms with Gasteiger partial charge >= 0.3 is 0 Å². The van der Waals surface area contributed by atoms with Gasteiger partial charge in [-0.2, -0.15) is 0 Å². The molecule has 16 heavy (non-hydrogen) atoms. The summed E-state index contributed by atoms with van der Waals surface area (Å²) >= 11 is 0. The van der Waals surface area contributed by atoms with Crippen LogP contribution in [-0.4, -0.2) is 42.9 Å². The lowest BCUT2D eigenvalue weighted by Gasteiger charge is -2.23. The van der Waals surface area contributed by atoms with Crippen molar-refractivity contribution < 1.29 is 9.84 Å². The lowest BCUT2D eigenvalue weighted by Crippen LogP contribution is -2.33. The highest BCUT2D eigenvalue weighted by Gasteiger charge is 2.16. The molecule has 0 spiro atoms. The molecule has 0 bridgehead atoms. The molecule has 0 aromatic carbocycles. The van der Waals surface area contributed by atoms with E-state index in [-0.39, 0.29) is 12.7 Å². The van der Waals surface area contributed by atoms with E-state index in [1.54, 1.807) is 6.20 Å². The molecule has 5 nitrogen and oxygen atoms in total. The molecule has 1 atom stereocenters. The third-order valence-corrected chi connectivity index (χ3v) is 2.48. The van der Waals surface area contributed by atoms with Crippen molar-refractivity contribution in [1.82, 2.24) is 10.3 Å². The summed E-state index contributed by atoms with van der Waals surface area (Å²) in [6, 6.07) is 3.91. The van der Waals surface area contributed by atoms with Crippen LogP contribution in [0.25, 0.3) is 0 Å². The van der Waals surface area contributed by atoms with Crippen molar-refractivity contribution in [2.75, 3.05) is 38.2 Å². The van der Waals surface area contributed by atoms with Crippen molar-refractivity contribution in [2.45, 2.75) is 6.10 Å². The van der Waals surface area contributed by atoms with Crippen LogP contribution < -0.4 is 10.6 Å². The Morgan fingerprint density at radius 3 is 3.12 bits per heavy atom. The molecule has 1 aliphatic rings. The Bertz CT molecular complexity index is 310. The molecule has 1 aromatic rings. The van der Waals surface area contributed by atoms with Gasteiger partial charge in [-0.1, -0.05) is 0 Å². The maximum Gasteiger partial charge on any atom is 0.112 e. The third kappa shape index (κ3) is 2.91. The van der Waals surface area contributed by atoms with Gasteiger partial charge in [-0.25, -0.2) is 0 Å². The lowest BCUT2D eigenvalue weighted by molar-refractivity contribution is 0.0250. The van der Waals surface area contributed by atoms with Crippen LogP contribution in [0, 0.1) is 0 Å². The van der Waals surface area contributed by atoms with Crippen molar-refractivity contribution in [1.29, 1.82) is 0 Å². The first-order valence-corrected chi connectivity index (χ1v) is 5.53. The number of pyridine rings is 1. The van der Waals surface area contributed by atoms with Crippen LogP contribution in [0.4, 0.5) is 5.69 Å². The van der Waals surface area contributed by atoms with Crippen molar-refractivity contribution in [3.05, 3.63) is 24.0 Å². The summed E-state index contributed by atoms with van der Waals surface area (Å²) < 4.78 is 5.60. The van der Waals surface area contributed by atoms with E-state index in [1.165, 1.54) is 0 Å². The number of ether oxygens (including phenoxy) is 1. The molecule has 1 fully saturated rings. The van der Waals surface area contributed by atoms with Crippen molar-refractivity contribution in [2.24, 2.45) is 0 Å². The minimum atomic E-state index is 0.0561. The van der Waals surface area contributed by atoms with Crippen LogP contribution in [0.5, 0.6) is 0 Å². The Labute approximate surface area is 94.8 Å². The topological polar surface area (TPSA) is 66.4 Å². The number of morpholine rings is 1. The third-order valence-electron chi connectivity index (χ3n) is 2.48. The highest BCUT2D eigenvalue weighted by atomic mass is 16.5. The molecule has 1 saturated heterocycles. The number of aromatic nitrogens is 1. The average molecular weight is 223 g/mol. The van der Waals surface area contributed by atoms with Gasteiger partial charge in [0, 0.05) is 19.6 Å². The Morgan fingerprint density at radius 2 is 2.50 bits per heavy atom. The quantitative estimate of drug-likeness (QED) is 0.678. The number of hydrogen-bond acceptors (Lipinski definition) is 5. The summed E-state index contributed by atoms with van der Waals surface area (Å²) in [5.41, 5.74) is 1.86. The number of rotatable bonds is 4. The van der Waals surface area contributed by atoms with E-state index < -0.39 is 0 Å². The predicted octanol–water partition coefficient (Wildman–Crippen LogP) is 0.147. The number of nitrogens with one attached hydrogen (secondary N) is 2. The first-order chi connectivity index (χ1) is 7.90. The molecular formula is C11H17N3O2. The van der Waals surface area contributed by atoms with Crippen molar-refractivity contribution >= 4 is 5.69 Å². The van der Waals surface area contributed by atoms with E-state index in [2.05, 4.69) is 15.6 Å². The first kappa shape index (κ1) is 11.3. The van der Waals surface area contributed by atoms with E-state index in [0.717, 1.165) is 31.1 Å². The fraction of sp³-hybridized carbons (Fsp3) is 0.545. The van der Waals surface area contributed by atoms with E-state index >= 15 is 0 Å². The largest absolute Gasteiger partial charge is 0.395 e. The second-order valence-electron chi connectivity index (χ2n) is 3.69. The van der Waals surface area contributed by atoms with Crippen LogP contribution in [0.15, 0.2) is 18.3 Å². The van der Waals surface area contributed by atoms with Gasteiger partial charge in [0.2, 0.25) is 0 Å². The number of anilines is 1. The molecule has 1 aromatic heterocycles. The SMILES string of the molecule is OCCNc1ccc([C@H]2CNCCO2)nc1. The van der Waals surface area contributed by atoms with E-state index in [9.17, 15) is 0 Å². The fourth-order valence-electron chi connectivity index (χ4n) is 1.66. The summed E-state index contributed by atoms with van der Waals surface area (Å²) in [7, 11) is 0. The molecule has 5 heteroatoms. The maximum atomic E-state index is 8.67. The smallest absolute Gasteiger partial charge is 0.112 e. The molecule has 1 aliphatic heterocycles. The second kappa shape index (κ2) is 5.79. The van der Waals surface area contributed by atoms with E-state index in [4.69, 9.17) is 9.84 Å². The lowest BCUT2D eigenvalue weighted by atomic mass is 10.2. The Balaban J connectivity index is 1.95. The van der Waals surface area contributed by atoms with Crippen LogP contribution in [0.1, 0.15) is 11.8 Å². The molecule has 2 rings (SSSR count). The van der Waals surface area contributed by atoms with Gasteiger partial charge < -0.3 is 20.5 Å². The molecule has 0 unspecified atom stereocenters. The zero-order valence-corrected chi connectivity index (χ0v) is 9.15. The highest BCUT2D eigenvalue weighted by molar-refractivity contribution is 5.41. The van der Waals surface area contributed by atoms with E-state index in [1.807, 2.05) is 12.1 Å². The zero-order valence-electron chi connectivity index (χ0n) is 9.15.